The van der Waals surface area contributed by atoms with Crippen LogP contribution in [-0.4, -0.2) is 32.9 Å². The first kappa shape index (κ1) is 15.9. The first-order valence-electron chi connectivity index (χ1n) is 7.72. The highest BCUT2D eigenvalue weighted by Crippen LogP contribution is 2.18. The van der Waals surface area contributed by atoms with Gasteiger partial charge in [0.2, 0.25) is 5.91 Å². The Morgan fingerprint density at radius 2 is 2.10 bits per heavy atom. The van der Waals surface area contributed by atoms with Gasteiger partial charge >= 0.3 is 0 Å². The van der Waals surface area contributed by atoms with E-state index in [1.165, 1.54) is 6.42 Å². The minimum absolute atomic E-state index is 0.0643. The molecule has 0 bridgehead atoms. The summed E-state index contributed by atoms with van der Waals surface area (Å²) in [5, 5.41) is 11.5. The third-order valence-electron chi connectivity index (χ3n) is 3.54. The Hall–Kier alpha value is -1.43. The number of ether oxygens (including phenoxy) is 1. The molecule has 1 aliphatic rings. The smallest absolute Gasteiger partial charge is 0.246 e. The minimum atomic E-state index is -0.313. The Morgan fingerprint density at radius 1 is 1.33 bits per heavy atom. The van der Waals surface area contributed by atoms with E-state index in [0.29, 0.717) is 0 Å². The van der Waals surface area contributed by atoms with Gasteiger partial charge in [-0.3, -0.25) is 4.79 Å². The molecule has 118 valence electrons. The largest absolute Gasteiger partial charge is 0.366 e. The van der Waals surface area contributed by atoms with Crippen LogP contribution in [0.25, 0.3) is 0 Å². The van der Waals surface area contributed by atoms with E-state index in [9.17, 15) is 4.79 Å². The molecule has 0 aliphatic carbocycles. The number of hydrogen-bond acceptors (Lipinski definition) is 4. The van der Waals surface area contributed by atoms with Crippen molar-refractivity contribution < 1.29 is 9.53 Å². The average molecular weight is 294 g/mol. The van der Waals surface area contributed by atoms with Gasteiger partial charge in [0, 0.05) is 13.0 Å². The molecule has 1 N–H and O–H groups in total. The van der Waals surface area contributed by atoms with Crippen LogP contribution in [-0.2, 0) is 22.5 Å². The lowest BCUT2D eigenvalue weighted by molar-refractivity contribution is -0.131. The van der Waals surface area contributed by atoms with Crippen LogP contribution in [0.4, 0.5) is 0 Å². The molecule has 21 heavy (non-hydrogen) atoms. The summed E-state index contributed by atoms with van der Waals surface area (Å²) in [4.78, 5) is 11.9. The molecule has 1 amide bonds. The van der Waals surface area contributed by atoms with Crippen LogP contribution in [0.2, 0.25) is 0 Å². The number of carbonyl (C=O) groups is 1. The molecule has 1 aromatic rings. The van der Waals surface area contributed by atoms with Crippen molar-refractivity contribution in [1.29, 1.82) is 0 Å². The molecule has 0 saturated carbocycles. The number of nitrogens with zero attached hydrogens (tertiary/aromatic N) is 3. The van der Waals surface area contributed by atoms with E-state index in [1.807, 2.05) is 27.7 Å². The van der Waals surface area contributed by atoms with Crippen LogP contribution < -0.4 is 5.32 Å². The quantitative estimate of drug-likeness (QED) is 0.922. The SMILES string of the molecule is CC(NC(=O)COC(C)(C)C)c1nnc2n1CCCCC2. The summed E-state index contributed by atoms with van der Waals surface area (Å²) in [7, 11) is 0. The predicted molar refractivity (Wildman–Crippen MR) is 79.8 cm³/mol. The Morgan fingerprint density at radius 3 is 2.81 bits per heavy atom. The summed E-state index contributed by atoms with van der Waals surface area (Å²) in [5.41, 5.74) is -0.313. The van der Waals surface area contributed by atoms with Crippen molar-refractivity contribution in [1.82, 2.24) is 20.1 Å². The van der Waals surface area contributed by atoms with Crippen LogP contribution in [0.3, 0.4) is 0 Å². The average Bonchev–Trinajstić information content (AvgIpc) is 2.65. The highest BCUT2D eigenvalue weighted by atomic mass is 16.5. The number of amides is 1. The second-order valence-corrected chi connectivity index (χ2v) is 6.63. The molecule has 2 rings (SSSR count). The fraction of sp³-hybridized carbons (Fsp3) is 0.800. The Bertz CT molecular complexity index is 490. The first-order valence-corrected chi connectivity index (χ1v) is 7.72. The monoisotopic (exact) mass is 294 g/mol. The molecule has 0 saturated heterocycles. The van der Waals surface area contributed by atoms with Gasteiger partial charge in [-0.25, -0.2) is 0 Å². The van der Waals surface area contributed by atoms with Crippen molar-refractivity contribution in [3.8, 4) is 0 Å². The number of hydrogen-bond donors (Lipinski definition) is 1. The molecule has 1 unspecified atom stereocenters. The molecule has 0 spiro atoms. The fourth-order valence-corrected chi connectivity index (χ4v) is 2.46. The molecule has 0 radical (unpaired) electrons. The van der Waals surface area contributed by atoms with E-state index < -0.39 is 0 Å². The zero-order chi connectivity index (χ0) is 15.5. The van der Waals surface area contributed by atoms with E-state index in [-0.39, 0.29) is 24.2 Å². The van der Waals surface area contributed by atoms with Crippen molar-refractivity contribution >= 4 is 5.91 Å². The van der Waals surface area contributed by atoms with Crippen molar-refractivity contribution in [2.45, 2.75) is 71.6 Å². The normalized spacial score (nSPS) is 17.0. The van der Waals surface area contributed by atoms with Crippen molar-refractivity contribution in [2.75, 3.05) is 6.61 Å². The third-order valence-corrected chi connectivity index (χ3v) is 3.54. The van der Waals surface area contributed by atoms with Gasteiger partial charge in [-0.05, 0) is 40.5 Å². The number of rotatable bonds is 4. The van der Waals surface area contributed by atoms with E-state index >= 15 is 0 Å². The van der Waals surface area contributed by atoms with Crippen LogP contribution in [0, 0.1) is 0 Å². The maximum absolute atomic E-state index is 11.9. The lowest BCUT2D eigenvalue weighted by Crippen LogP contribution is -2.34. The highest BCUT2D eigenvalue weighted by molar-refractivity contribution is 5.77. The molecule has 0 fully saturated rings. The lowest BCUT2D eigenvalue weighted by Gasteiger charge is -2.20. The van der Waals surface area contributed by atoms with Gasteiger partial charge in [-0.15, -0.1) is 10.2 Å². The predicted octanol–water partition coefficient (Wildman–Crippen LogP) is 2.00. The summed E-state index contributed by atoms with van der Waals surface area (Å²) >= 11 is 0. The Labute approximate surface area is 126 Å². The van der Waals surface area contributed by atoms with Gasteiger partial charge in [0.05, 0.1) is 11.6 Å². The van der Waals surface area contributed by atoms with Crippen LogP contribution in [0.1, 0.15) is 64.6 Å². The van der Waals surface area contributed by atoms with Crippen molar-refractivity contribution in [2.24, 2.45) is 0 Å². The maximum Gasteiger partial charge on any atom is 0.246 e. The van der Waals surface area contributed by atoms with Crippen LogP contribution in [0.5, 0.6) is 0 Å². The molecule has 1 aliphatic heterocycles. The van der Waals surface area contributed by atoms with Gasteiger partial charge in [0.15, 0.2) is 5.82 Å². The maximum atomic E-state index is 11.9. The van der Waals surface area contributed by atoms with Crippen molar-refractivity contribution in [3.63, 3.8) is 0 Å². The Kier molecular flexibility index (Phi) is 4.98. The number of aryl methyl sites for hydroxylation is 1. The summed E-state index contributed by atoms with van der Waals surface area (Å²) in [6, 6.07) is -0.152. The molecule has 1 aromatic heterocycles. The van der Waals surface area contributed by atoms with Gasteiger partial charge < -0.3 is 14.6 Å². The summed E-state index contributed by atoms with van der Waals surface area (Å²) in [6.45, 7) is 8.74. The number of fused-ring (bicyclic) bond motifs is 1. The molecule has 1 atom stereocenters. The van der Waals surface area contributed by atoms with E-state index in [0.717, 1.165) is 37.5 Å². The topological polar surface area (TPSA) is 69.0 Å². The van der Waals surface area contributed by atoms with Gasteiger partial charge in [0.25, 0.3) is 0 Å². The zero-order valence-corrected chi connectivity index (χ0v) is 13.5. The van der Waals surface area contributed by atoms with Crippen LogP contribution in [0.15, 0.2) is 0 Å². The zero-order valence-electron chi connectivity index (χ0n) is 13.5. The first-order chi connectivity index (χ1) is 9.87. The van der Waals surface area contributed by atoms with Crippen molar-refractivity contribution in [3.05, 3.63) is 11.6 Å². The molecule has 6 nitrogen and oxygen atoms in total. The molecular weight excluding hydrogens is 268 g/mol. The van der Waals surface area contributed by atoms with E-state index in [1.54, 1.807) is 0 Å². The second kappa shape index (κ2) is 6.56. The van der Waals surface area contributed by atoms with E-state index in [2.05, 4.69) is 20.1 Å². The van der Waals surface area contributed by atoms with E-state index in [4.69, 9.17) is 4.74 Å². The number of nitrogens with one attached hydrogen (secondary N) is 1. The molecule has 0 aromatic carbocycles. The standard InChI is InChI=1S/C15H26N4O2/c1-11(16-13(20)10-21-15(2,3)4)14-18-17-12-8-6-5-7-9-19(12)14/h11H,5-10H2,1-4H3,(H,16,20). The lowest BCUT2D eigenvalue weighted by atomic mass is 10.2. The third kappa shape index (κ3) is 4.52. The number of aromatic nitrogens is 3. The molecule has 2 heterocycles. The van der Waals surface area contributed by atoms with Gasteiger partial charge in [-0.1, -0.05) is 6.42 Å². The van der Waals surface area contributed by atoms with Gasteiger partial charge in [-0.2, -0.15) is 0 Å². The second-order valence-electron chi connectivity index (χ2n) is 6.63. The summed E-state index contributed by atoms with van der Waals surface area (Å²) in [5.74, 6) is 1.76. The fourth-order valence-electron chi connectivity index (χ4n) is 2.46. The van der Waals surface area contributed by atoms with Gasteiger partial charge in [0.1, 0.15) is 12.4 Å². The highest BCUT2D eigenvalue weighted by Gasteiger charge is 2.21. The minimum Gasteiger partial charge on any atom is -0.366 e. The Balaban J connectivity index is 1.96. The number of carbonyl (C=O) groups excluding carboxylic acids is 1. The molecule has 6 heteroatoms. The summed E-state index contributed by atoms with van der Waals surface area (Å²) in [6.07, 6.45) is 4.51. The molecular formula is C15H26N4O2. The summed E-state index contributed by atoms with van der Waals surface area (Å²) < 4.78 is 7.64. The van der Waals surface area contributed by atoms with Crippen LogP contribution >= 0.6 is 0 Å².